The van der Waals surface area contributed by atoms with E-state index >= 15 is 0 Å². The Kier molecular flexibility index (Phi) is 7.57. The third-order valence-electron chi connectivity index (χ3n) is 5.60. The molecule has 5 heteroatoms. The Bertz CT molecular complexity index is 1120. The first-order valence-electron chi connectivity index (χ1n) is 11.2. The fourth-order valence-corrected chi connectivity index (χ4v) is 4.09. The van der Waals surface area contributed by atoms with E-state index in [1.165, 1.54) is 0 Å². The minimum absolute atomic E-state index is 0.514. The van der Waals surface area contributed by atoms with Crippen LogP contribution in [0.1, 0.15) is 37.6 Å². The van der Waals surface area contributed by atoms with Gasteiger partial charge in [-0.05, 0) is 36.8 Å². The molecule has 172 valence electrons. The van der Waals surface area contributed by atoms with Gasteiger partial charge in [0.1, 0.15) is 11.5 Å². The molecule has 4 aromatic rings. The average Bonchev–Trinajstić information content (AvgIpc) is 2.86. The van der Waals surface area contributed by atoms with Gasteiger partial charge in [0.25, 0.3) is 0 Å². The molecule has 2 unspecified atom stereocenters. The van der Waals surface area contributed by atoms with Gasteiger partial charge in [-0.25, -0.2) is 0 Å². The highest BCUT2D eigenvalue weighted by Crippen LogP contribution is 2.43. The Morgan fingerprint density at radius 1 is 0.576 bits per heavy atom. The topological polar surface area (TPSA) is 46.2 Å². The standard InChI is InChI=1S/C28H30O5/c1-5-31-27(29-3)23-17-15-19-11-7-9-13-21(19)25(23)33-26-22-14-10-8-12-20(22)16-18-24(26)28(30-4)32-6-2/h7-18,27-28H,5-6H2,1-4H3. The lowest BCUT2D eigenvalue weighted by atomic mass is 10.0. The molecule has 0 heterocycles. The molecule has 0 aromatic heterocycles. The monoisotopic (exact) mass is 446 g/mol. The Labute approximate surface area is 194 Å². The minimum Gasteiger partial charge on any atom is -0.455 e. The van der Waals surface area contributed by atoms with Crippen molar-refractivity contribution in [2.24, 2.45) is 0 Å². The maximum absolute atomic E-state index is 6.81. The Morgan fingerprint density at radius 3 is 1.39 bits per heavy atom. The van der Waals surface area contributed by atoms with Crippen LogP contribution in [0.15, 0.2) is 72.8 Å². The van der Waals surface area contributed by atoms with E-state index in [2.05, 4.69) is 24.3 Å². The van der Waals surface area contributed by atoms with Crippen molar-refractivity contribution in [3.8, 4) is 11.5 Å². The lowest BCUT2D eigenvalue weighted by molar-refractivity contribution is -0.125. The zero-order valence-corrected chi connectivity index (χ0v) is 19.5. The second kappa shape index (κ2) is 10.8. The van der Waals surface area contributed by atoms with Crippen LogP contribution in [0.25, 0.3) is 21.5 Å². The average molecular weight is 447 g/mol. The lowest BCUT2D eigenvalue weighted by Crippen LogP contribution is -2.10. The van der Waals surface area contributed by atoms with Crippen LogP contribution < -0.4 is 4.74 Å². The number of benzene rings is 4. The summed E-state index contributed by atoms with van der Waals surface area (Å²) in [5.41, 5.74) is 1.64. The quantitative estimate of drug-likeness (QED) is 0.242. The smallest absolute Gasteiger partial charge is 0.187 e. The van der Waals surface area contributed by atoms with Crippen molar-refractivity contribution in [1.29, 1.82) is 0 Å². The fourth-order valence-electron chi connectivity index (χ4n) is 4.09. The summed E-state index contributed by atoms with van der Waals surface area (Å²) in [6, 6.07) is 24.4. The Morgan fingerprint density at radius 2 is 1.00 bits per heavy atom. The van der Waals surface area contributed by atoms with Gasteiger partial charge in [-0.3, -0.25) is 0 Å². The maximum atomic E-state index is 6.81. The molecule has 5 nitrogen and oxygen atoms in total. The van der Waals surface area contributed by atoms with Gasteiger partial charge >= 0.3 is 0 Å². The molecule has 0 spiro atoms. The summed E-state index contributed by atoms with van der Waals surface area (Å²) in [6.45, 7) is 4.92. The lowest BCUT2D eigenvalue weighted by Gasteiger charge is -2.24. The van der Waals surface area contributed by atoms with Crippen LogP contribution in [0.4, 0.5) is 0 Å². The van der Waals surface area contributed by atoms with E-state index in [0.29, 0.717) is 24.7 Å². The van der Waals surface area contributed by atoms with Crippen LogP contribution in [-0.4, -0.2) is 27.4 Å². The van der Waals surface area contributed by atoms with E-state index in [4.69, 9.17) is 23.7 Å². The van der Waals surface area contributed by atoms with Gasteiger partial charge in [-0.1, -0.05) is 60.7 Å². The molecule has 0 saturated heterocycles. The predicted molar refractivity (Wildman–Crippen MR) is 131 cm³/mol. The van der Waals surface area contributed by atoms with E-state index in [9.17, 15) is 0 Å². The first-order valence-corrected chi connectivity index (χ1v) is 11.2. The highest BCUT2D eigenvalue weighted by Gasteiger charge is 2.24. The normalized spacial score (nSPS) is 13.3. The second-order valence-corrected chi connectivity index (χ2v) is 7.56. The van der Waals surface area contributed by atoms with Crippen LogP contribution in [0, 0.1) is 0 Å². The summed E-state index contributed by atoms with van der Waals surface area (Å²) in [5, 5.41) is 4.08. The molecule has 4 rings (SSSR count). The largest absolute Gasteiger partial charge is 0.455 e. The van der Waals surface area contributed by atoms with E-state index in [0.717, 1.165) is 32.7 Å². The molecule has 2 atom stereocenters. The third-order valence-corrected chi connectivity index (χ3v) is 5.60. The predicted octanol–water partition coefficient (Wildman–Crippen LogP) is 7.15. The number of methoxy groups -OCH3 is 2. The van der Waals surface area contributed by atoms with Crippen molar-refractivity contribution in [3.05, 3.63) is 83.9 Å². The van der Waals surface area contributed by atoms with Crippen LogP contribution >= 0.6 is 0 Å². The molecule has 33 heavy (non-hydrogen) atoms. The summed E-state index contributed by atoms with van der Waals surface area (Å²) < 4.78 is 29.9. The van der Waals surface area contributed by atoms with Gasteiger partial charge in [0.2, 0.25) is 0 Å². The van der Waals surface area contributed by atoms with Crippen molar-refractivity contribution in [3.63, 3.8) is 0 Å². The Hall–Kier alpha value is -2.96. The molecule has 0 aliphatic carbocycles. The van der Waals surface area contributed by atoms with Gasteiger partial charge in [-0.2, -0.15) is 0 Å². The summed E-state index contributed by atoms with van der Waals surface area (Å²) >= 11 is 0. The van der Waals surface area contributed by atoms with Crippen molar-refractivity contribution in [1.82, 2.24) is 0 Å². The molecule has 0 bridgehead atoms. The molecule has 0 aliphatic heterocycles. The van der Waals surface area contributed by atoms with Crippen molar-refractivity contribution < 1.29 is 23.7 Å². The first-order chi connectivity index (χ1) is 16.2. The number of ether oxygens (including phenoxy) is 5. The van der Waals surface area contributed by atoms with Crippen LogP contribution in [-0.2, 0) is 18.9 Å². The Balaban J connectivity index is 1.96. The number of hydrogen-bond acceptors (Lipinski definition) is 5. The van der Waals surface area contributed by atoms with E-state index in [1.807, 2.05) is 62.4 Å². The summed E-state index contributed by atoms with van der Waals surface area (Å²) in [4.78, 5) is 0. The molecular weight excluding hydrogens is 416 g/mol. The second-order valence-electron chi connectivity index (χ2n) is 7.56. The van der Waals surface area contributed by atoms with Crippen molar-refractivity contribution in [2.75, 3.05) is 27.4 Å². The molecule has 0 aliphatic rings. The molecule has 0 N–H and O–H groups in total. The van der Waals surface area contributed by atoms with Gasteiger partial charge in [0, 0.05) is 38.2 Å². The molecule has 0 radical (unpaired) electrons. The summed E-state index contributed by atoms with van der Waals surface area (Å²) in [6.07, 6.45) is -1.11. The van der Waals surface area contributed by atoms with Gasteiger partial charge in [0.15, 0.2) is 12.6 Å². The molecule has 4 aromatic carbocycles. The zero-order chi connectivity index (χ0) is 23.2. The van der Waals surface area contributed by atoms with E-state index < -0.39 is 12.6 Å². The molecule has 0 amide bonds. The molecule has 0 saturated carbocycles. The summed E-state index contributed by atoms with van der Waals surface area (Å²) in [5.74, 6) is 1.38. The SMILES string of the molecule is CCOC(OC)c1ccc2ccccc2c1Oc1c(C(OC)OCC)ccc2ccccc12. The van der Waals surface area contributed by atoms with Gasteiger partial charge in [-0.15, -0.1) is 0 Å². The zero-order valence-electron chi connectivity index (χ0n) is 19.5. The highest BCUT2D eigenvalue weighted by molar-refractivity contribution is 5.93. The van der Waals surface area contributed by atoms with Crippen LogP contribution in [0.5, 0.6) is 11.5 Å². The van der Waals surface area contributed by atoms with Gasteiger partial charge < -0.3 is 23.7 Å². The minimum atomic E-state index is -0.557. The molecular formula is C28H30O5. The van der Waals surface area contributed by atoms with Crippen molar-refractivity contribution >= 4 is 21.5 Å². The fraction of sp³-hybridized carbons (Fsp3) is 0.286. The number of fused-ring (bicyclic) bond motifs is 2. The number of rotatable bonds is 10. The van der Waals surface area contributed by atoms with Crippen LogP contribution in [0.3, 0.4) is 0 Å². The highest BCUT2D eigenvalue weighted by atomic mass is 16.7. The summed E-state index contributed by atoms with van der Waals surface area (Å²) in [7, 11) is 3.28. The number of hydrogen-bond donors (Lipinski definition) is 0. The van der Waals surface area contributed by atoms with Gasteiger partial charge in [0.05, 0.1) is 11.1 Å². The maximum Gasteiger partial charge on any atom is 0.187 e. The molecule has 0 fully saturated rings. The first kappa shape index (κ1) is 23.2. The van der Waals surface area contributed by atoms with E-state index in [1.54, 1.807) is 14.2 Å². The third kappa shape index (κ3) is 4.72. The van der Waals surface area contributed by atoms with Crippen LogP contribution in [0.2, 0.25) is 0 Å². The van der Waals surface area contributed by atoms with Crippen molar-refractivity contribution in [2.45, 2.75) is 26.4 Å². The van der Waals surface area contributed by atoms with E-state index in [-0.39, 0.29) is 0 Å².